The lowest BCUT2D eigenvalue weighted by Gasteiger charge is -2.07. The van der Waals surface area contributed by atoms with Gasteiger partial charge in [-0.1, -0.05) is 12.1 Å². The first-order valence-corrected chi connectivity index (χ1v) is 8.66. The van der Waals surface area contributed by atoms with E-state index in [0.717, 1.165) is 17.7 Å². The van der Waals surface area contributed by atoms with Crippen molar-refractivity contribution in [3.05, 3.63) is 51.7 Å². The molecule has 1 aliphatic rings. The van der Waals surface area contributed by atoms with Gasteiger partial charge < -0.3 is 15.4 Å². The van der Waals surface area contributed by atoms with Crippen molar-refractivity contribution in [1.82, 2.24) is 5.32 Å². The Morgan fingerprint density at radius 2 is 1.96 bits per heavy atom. The molecule has 0 radical (unpaired) electrons. The van der Waals surface area contributed by atoms with Gasteiger partial charge in [0, 0.05) is 33.8 Å². The number of thiophene rings is 1. The Morgan fingerprint density at radius 3 is 2.58 bits per heavy atom. The molecule has 6 heteroatoms. The van der Waals surface area contributed by atoms with Gasteiger partial charge in [-0.2, -0.15) is 0 Å². The fraction of sp³-hybridized carbons (Fsp3) is 0.333. The number of anilines is 1. The summed E-state index contributed by atoms with van der Waals surface area (Å²) < 4.78 is 4.52. The number of nitrogens with one attached hydrogen (secondary N) is 2. The van der Waals surface area contributed by atoms with Gasteiger partial charge in [-0.15, -0.1) is 11.3 Å². The van der Waals surface area contributed by atoms with Crippen LogP contribution < -0.4 is 10.6 Å². The van der Waals surface area contributed by atoms with Crippen LogP contribution in [0.3, 0.4) is 0 Å². The predicted molar refractivity (Wildman–Crippen MR) is 94.2 cm³/mol. The van der Waals surface area contributed by atoms with Gasteiger partial charge in [0.2, 0.25) is 5.91 Å². The summed E-state index contributed by atoms with van der Waals surface area (Å²) in [5, 5.41) is 5.58. The molecule has 3 rings (SSSR count). The summed E-state index contributed by atoms with van der Waals surface area (Å²) >= 11 is 1.77. The van der Waals surface area contributed by atoms with Crippen molar-refractivity contribution in [1.29, 1.82) is 0 Å². The molecular formula is C18H20N2O3S. The number of benzene rings is 1. The number of ether oxygens (including phenoxy) is 1. The zero-order valence-corrected chi connectivity index (χ0v) is 14.5. The Labute approximate surface area is 145 Å². The third-order valence-corrected chi connectivity index (χ3v) is 5.23. The molecule has 2 N–H and O–H groups in total. The average molecular weight is 344 g/mol. The van der Waals surface area contributed by atoms with E-state index in [2.05, 4.69) is 34.4 Å². The Kier molecular flexibility index (Phi) is 4.85. The van der Waals surface area contributed by atoms with Gasteiger partial charge in [-0.05, 0) is 43.2 Å². The fourth-order valence-corrected chi connectivity index (χ4v) is 3.70. The van der Waals surface area contributed by atoms with E-state index >= 15 is 0 Å². The molecule has 0 aliphatic heterocycles. The Balaban J connectivity index is 1.51. The van der Waals surface area contributed by atoms with Crippen LogP contribution in [-0.4, -0.2) is 19.1 Å². The molecule has 2 aromatic rings. The van der Waals surface area contributed by atoms with Crippen molar-refractivity contribution in [2.24, 2.45) is 5.92 Å². The smallest absolute Gasteiger partial charge is 0.407 e. The number of alkyl carbamates (subject to hydrolysis) is 1. The summed E-state index contributed by atoms with van der Waals surface area (Å²) in [4.78, 5) is 26.0. The average Bonchev–Trinajstić information content (AvgIpc) is 3.28. The quantitative estimate of drug-likeness (QED) is 0.870. The van der Waals surface area contributed by atoms with Crippen LogP contribution in [0.4, 0.5) is 10.5 Å². The fourth-order valence-electron chi connectivity index (χ4n) is 2.64. The van der Waals surface area contributed by atoms with Crippen molar-refractivity contribution in [3.63, 3.8) is 0 Å². The van der Waals surface area contributed by atoms with Gasteiger partial charge in [0.1, 0.15) is 0 Å². The maximum absolute atomic E-state index is 12.3. The monoisotopic (exact) mass is 344 g/mol. The molecule has 1 aromatic heterocycles. The van der Waals surface area contributed by atoms with Gasteiger partial charge in [-0.25, -0.2) is 4.79 Å². The zero-order valence-electron chi connectivity index (χ0n) is 13.7. The van der Waals surface area contributed by atoms with Crippen molar-refractivity contribution < 1.29 is 14.3 Å². The van der Waals surface area contributed by atoms with Crippen LogP contribution in [0.15, 0.2) is 36.4 Å². The summed E-state index contributed by atoms with van der Waals surface area (Å²) in [6.07, 6.45) is 0.461. The lowest BCUT2D eigenvalue weighted by atomic mass is 10.2. The number of carbonyl (C=O) groups is 2. The standard InChI is InChI=1S/C18H20N2O3S/c1-11-3-8-16(24-11)14-9-15(14)17(21)20-13-6-4-12(5-7-13)10-19-18(22)23-2/h3-8,14-15H,9-10H2,1-2H3,(H,19,22)(H,20,21)/t14-,15+/m0/s1. The summed E-state index contributed by atoms with van der Waals surface area (Å²) in [7, 11) is 1.33. The summed E-state index contributed by atoms with van der Waals surface area (Å²) in [6.45, 7) is 2.48. The van der Waals surface area contributed by atoms with E-state index in [9.17, 15) is 9.59 Å². The van der Waals surface area contributed by atoms with Gasteiger partial charge >= 0.3 is 6.09 Å². The van der Waals surface area contributed by atoms with E-state index in [1.54, 1.807) is 11.3 Å². The molecule has 1 fully saturated rings. The number of rotatable bonds is 5. The Hall–Kier alpha value is -2.34. The molecular weight excluding hydrogens is 324 g/mol. The van der Waals surface area contributed by atoms with E-state index in [4.69, 9.17) is 0 Å². The van der Waals surface area contributed by atoms with Crippen LogP contribution in [0.1, 0.15) is 27.7 Å². The minimum atomic E-state index is -0.462. The molecule has 0 unspecified atom stereocenters. The molecule has 0 spiro atoms. The largest absolute Gasteiger partial charge is 0.453 e. The van der Waals surface area contributed by atoms with Gasteiger partial charge in [0.25, 0.3) is 0 Å². The Morgan fingerprint density at radius 1 is 1.21 bits per heavy atom. The third-order valence-electron chi connectivity index (χ3n) is 4.10. The lowest BCUT2D eigenvalue weighted by Crippen LogP contribution is -2.22. The van der Waals surface area contributed by atoms with Crippen molar-refractivity contribution in [3.8, 4) is 0 Å². The third kappa shape index (κ3) is 3.94. The topological polar surface area (TPSA) is 67.4 Å². The van der Waals surface area contributed by atoms with Crippen LogP contribution in [0, 0.1) is 12.8 Å². The van der Waals surface area contributed by atoms with Crippen LogP contribution in [0.5, 0.6) is 0 Å². The number of amides is 2. The molecule has 24 heavy (non-hydrogen) atoms. The minimum absolute atomic E-state index is 0.0729. The van der Waals surface area contributed by atoms with Crippen molar-refractivity contribution in [2.75, 3.05) is 12.4 Å². The Bertz CT molecular complexity index is 739. The number of methoxy groups -OCH3 is 1. The highest BCUT2D eigenvalue weighted by Crippen LogP contribution is 2.50. The first kappa shape index (κ1) is 16.5. The van der Waals surface area contributed by atoms with Crippen molar-refractivity contribution in [2.45, 2.75) is 25.8 Å². The molecule has 0 bridgehead atoms. The first-order valence-electron chi connectivity index (χ1n) is 7.85. The zero-order chi connectivity index (χ0) is 17.1. The summed E-state index contributed by atoms with van der Waals surface area (Å²) in [6, 6.07) is 11.7. The van der Waals surface area contributed by atoms with E-state index in [1.807, 2.05) is 24.3 Å². The lowest BCUT2D eigenvalue weighted by molar-refractivity contribution is -0.117. The second kappa shape index (κ2) is 7.05. The first-order chi connectivity index (χ1) is 11.6. The van der Waals surface area contributed by atoms with Gasteiger partial charge in [-0.3, -0.25) is 4.79 Å². The molecule has 0 saturated heterocycles. The maximum Gasteiger partial charge on any atom is 0.407 e. The van der Waals surface area contributed by atoms with E-state index in [1.165, 1.54) is 16.9 Å². The normalized spacial score (nSPS) is 18.8. The van der Waals surface area contributed by atoms with Crippen LogP contribution in [0.25, 0.3) is 0 Å². The summed E-state index contributed by atoms with van der Waals surface area (Å²) in [5.74, 6) is 0.516. The van der Waals surface area contributed by atoms with Crippen LogP contribution >= 0.6 is 11.3 Å². The highest BCUT2D eigenvalue weighted by atomic mass is 32.1. The van der Waals surface area contributed by atoms with Crippen molar-refractivity contribution >= 4 is 29.0 Å². The SMILES string of the molecule is COC(=O)NCc1ccc(NC(=O)[C@@H]2C[C@@H]2c2ccc(C)s2)cc1. The molecule has 1 aromatic carbocycles. The predicted octanol–water partition coefficient (Wildman–Crippen LogP) is 3.65. The molecule has 2 amide bonds. The molecule has 1 saturated carbocycles. The van der Waals surface area contributed by atoms with E-state index in [0.29, 0.717) is 12.5 Å². The number of hydrogen-bond acceptors (Lipinski definition) is 4. The molecule has 1 aliphatic carbocycles. The highest BCUT2D eigenvalue weighted by molar-refractivity contribution is 7.12. The molecule has 5 nitrogen and oxygen atoms in total. The second-order valence-electron chi connectivity index (χ2n) is 5.93. The van der Waals surface area contributed by atoms with Gasteiger partial charge in [0.15, 0.2) is 0 Å². The summed E-state index contributed by atoms with van der Waals surface area (Å²) in [5.41, 5.74) is 1.71. The molecule has 126 valence electrons. The number of carbonyl (C=O) groups excluding carboxylic acids is 2. The maximum atomic E-state index is 12.3. The van der Waals surface area contributed by atoms with E-state index < -0.39 is 6.09 Å². The molecule has 1 heterocycles. The number of aryl methyl sites for hydroxylation is 1. The van der Waals surface area contributed by atoms with Gasteiger partial charge in [0.05, 0.1) is 7.11 Å². The van der Waals surface area contributed by atoms with Crippen LogP contribution in [-0.2, 0) is 16.1 Å². The van der Waals surface area contributed by atoms with E-state index in [-0.39, 0.29) is 11.8 Å². The number of hydrogen-bond donors (Lipinski definition) is 2. The highest BCUT2D eigenvalue weighted by Gasteiger charge is 2.44. The van der Waals surface area contributed by atoms with Crippen LogP contribution in [0.2, 0.25) is 0 Å². The minimum Gasteiger partial charge on any atom is -0.453 e. The molecule has 2 atom stereocenters. The second-order valence-corrected chi connectivity index (χ2v) is 7.25.